The molecule has 11 heteroatoms. The number of hydrogen-bond donors (Lipinski definition) is 3. The second-order valence-electron chi connectivity index (χ2n) is 10.00. The number of carbonyl (C=O) groups excluding carboxylic acids is 1. The molecule has 2 heterocycles. The molecule has 3 N–H and O–H groups in total. The van der Waals surface area contributed by atoms with Crippen LogP contribution in [0.4, 0.5) is 5.69 Å². The Morgan fingerprint density at radius 3 is 2.49 bits per heavy atom. The summed E-state index contributed by atoms with van der Waals surface area (Å²) in [5.41, 5.74) is 4.49. The molecular formula is C32H29N5O5S. The van der Waals surface area contributed by atoms with E-state index >= 15 is 0 Å². The number of nitrogens with one attached hydrogen (secondary N) is 1. The van der Waals surface area contributed by atoms with Crippen molar-refractivity contribution in [2.24, 2.45) is 0 Å². The van der Waals surface area contributed by atoms with Gasteiger partial charge >= 0.3 is 0 Å². The van der Waals surface area contributed by atoms with Crippen LogP contribution < -0.4 is 5.32 Å². The lowest BCUT2D eigenvalue weighted by Gasteiger charge is -2.36. The van der Waals surface area contributed by atoms with Gasteiger partial charge in [0.15, 0.2) is 6.29 Å². The van der Waals surface area contributed by atoms with Crippen LogP contribution >= 0.6 is 11.8 Å². The quantitative estimate of drug-likeness (QED) is 0.190. The largest absolute Gasteiger partial charge is 0.508 e. The van der Waals surface area contributed by atoms with Crippen LogP contribution in [0.5, 0.6) is 5.75 Å². The highest BCUT2D eigenvalue weighted by molar-refractivity contribution is 7.99. The number of tetrazole rings is 1. The van der Waals surface area contributed by atoms with E-state index in [4.69, 9.17) is 9.47 Å². The Labute approximate surface area is 252 Å². The van der Waals surface area contributed by atoms with Crippen molar-refractivity contribution in [3.8, 4) is 11.4 Å². The fourth-order valence-electron chi connectivity index (χ4n) is 4.77. The third-order valence-corrected chi connectivity index (χ3v) is 8.05. The Morgan fingerprint density at radius 1 is 0.930 bits per heavy atom. The highest BCUT2D eigenvalue weighted by Gasteiger charge is 2.33. The fraction of sp³-hybridized carbons (Fsp3) is 0.188. The maximum atomic E-state index is 12.8. The van der Waals surface area contributed by atoms with Gasteiger partial charge in [0, 0.05) is 29.0 Å². The van der Waals surface area contributed by atoms with Crippen molar-refractivity contribution in [2.75, 3.05) is 11.1 Å². The van der Waals surface area contributed by atoms with Crippen LogP contribution in [0.1, 0.15) is 45.9 Å². The maximum Gasteiger partial charge on any atom is 0.255 e. The third-order valence-electron chi connectivity index (χ3n) is 7.00. The predicted octanol–water partition coefficient (Wildman–Crippen LogP) is 5.45. The van der Waals surface area contributed by atoms with E-state index in [0.29, 0.717) is 28.6 Å². The molecule has 1 aliphatic rings. The molecule has 1 fully saturated rings. The highest BCUT2D eigenvalue weighted by atomic mass is 32.2. The molecule has 5 aromatic rings. The summed E-state index contributed by atoms with van der Waals surface area (Å²) >= 11 is 1.46. The second-order valence-corrected chi connectivity index (χ2v) is 11.0. The Morgan fingerprint density at radius 2 is 1.72 bits per heavy atom. The molecule has 1 aromatic heterocycles. The van der Waals surface area contributed by atoms with E-state index in [1.165, 1.54) is 11.8 Å². The lowest BCUT2D eigenvalue weighted by Crippen LogP contribution is -2.31. The number of phenols is 1. The Hall–Kier alpha value is -4.55. The number of anilines is 1. The molecule has 3 atom stereocenters. The van der Waals surface area contributed by atoms with Crippen molar-refractivity contribution in [1.82, 2.24) is 20.2 Å². The normalized spacial score (nSPS) is 18.3. The van der Waals surface area contributed by atoms with Crippen molar-refractivity contribution >= 4 is 23.4 Å². The number of benzene rings is 4. The number of aromatic nitrogens is 4. The lowest BCUT2D eigenvalue weighted by molar-refractivity contribution is -0.245. The first-order valence-electron chi connectivity index (χ1n) is 13.7. The second kappa shape index (κ2) is 13.2. The summed E-state index contributed by atoms with van der Waals surface area (Å²) in [6.07, 6.45) is -0.595. The zero-order valence-electron chi connectivity index (χ0n) is 23.0. The topological polar surface area (TPSA) is 132 Å². The summed E-state index contributed by atoms with van der Waals surface area (Å²) in [5.74, 6) is 0.508. The number of thioether (sulfide) groups is 1. The highest BCUT2D eigenvalue weighted by Crippen LogP contribution is 2.40. The van der Waals surface area contributed by atoms with Crippen LogP contribution in [0.15, 0.2) is 108 Å². The molecule has 0 radical (unpaired) electrons. The van der Waals surface area contributed by atoms with Crippen LogP contribution in [0.2, 0.25) is 0 Å². The number of aromatic hydroxyl groups is 1. The molecule has 0 saturated carbocycles. The van der Waals surface area contributed by atoms with E-state index in [0.717, 1.165) is 22.4 Å². The summed E-state index contributed by atoms with van der Waals surface area (Å²) in [6.45, 7) is -0.0337. The van der Waals surface area contributed by atoms with Crippen molar-refractivity contribution < 1.29 is 24.5 Å². The van der Waals surface area contributed by atoms with E-state index < -0.39 is 6.29 Å². The van der Waals surface area contributed by atoms with Gasteiger partial charge in [0.25, 0.3) is 5.91 Å². The molecule has 4 aromatic carbocycles. The van der Waals surface area contributed by atoms with E-state index in [9.17, 15) is 15.0 Å². The molecule has 10 nitrogen and oxygen atoms in total. The molecule has 6 rings (SSSR count). The fourth-order valence-corrected chi connectivity index (χ4v) is 5.68. The van der Waals surface area contributed by atoms with Crippen LogP contribution in [0, 0.1) is 0 Å². The Bertz CT molecular complexity index is 1660. The summed E-state index contributed by atoms with van der Waals surface area (Å²) < 4.78 is 14.6. The van der Waals surface area contributed by atoms with E-state index in [1.807, 2.05) is 66.7 Å². The molecule has 0 unspecified atom stereocenters. The summed E-state index contributed by atoms with van der Waals surface area (Å²) in [6, 6.07) is 30.9. The number of aliphatic hydroxyl groups excluding tert-OH is 1. The van der Waals surface area contributed by atoms with E-state index in [1.54, 1.807) is 41.1 Å². The van der Waals surface area contributed by atoms with Gasteiger partial charge in [-0.3, -0.25) is 4.79 Å². The van der Waals surface area contributed by atoms with Gasteiger partial charge in [-0.05, 0) is 70.1 Å². The predicted molar refractivity (Wildman–Crippen MR) is 161 cm³/mol. The van der Waals surface area contributed by atoms with Crippen LogP contribution in [-0.4, -0.2) is 48.2 Å². The summed E-state index contributed by atoms with van der Waals surface area (Å²) in [7, 11) is 0. The van der Waals surface area contributed by atoms with Gasteiger partial charge in [0.1, 0.15) is 5.75 Å². The van der Waals surface area contributed by atoms with Crippen molar-refractivity contribution in [3.63, 3.8) is 0 Å². The summed E-state index contributed by atoms with van der Waals surface area (Å²) in [5, 5.41) is 34.8. The minimum atomic E-state index is -0.691. The molecule has 43 heavy (non-hydrogen) atoms. The third kappa shape index (κ3) is 6.92. The lowest BCUT2D eigenvalue weighted by atomic mass is 10.0. The van der Waals surface area contributed by atoms with Gasteiger partial charge in [-0.25, -0.2) is 0 Å². The average Bonchev–Trinajstić information content (AvgIpc) is 3.53. The monoisotopic (exact) mass is 595 g/mol. The number of aliphatic hydroxyl groups is 1. The standard InChI is InChI=1S/C32H29N5O5S/c38-19-21-9-11-22(12-10-21)29-18-28(20-43-32-34-35-36-37(32)26-13-15-27(39)16-14-26)41-31(42-29)24-7-4-8-25(17-24)33-30(40)23-5-2-1-3-6-23/h1-17,28-29,31,38-39H,18-20H2,(H,33,40)/t28-,29+,31+/m0/s1. The molecule has 1 aliphatic heterocycles. The number of nitrogens with zero attached hydrogens (tertiary/aromatic N) is 4. The van der Waals surface area contributed by atoms with Crippen molar-refractivity contribution in [3.05, 3.63) is 125 Å². The number of amides is 1. The Balaban J connectivity index is 1.22. The molecule has 0 aliphatic carbocycles. The van der Waals surface area contributed by atoms with E-state index in [2.05, 4.69) is 20.8 Å². The number of rotatable bonds is 9. The molecular weight excluding hydrogens is 566 g/mol. The number of phenolic OH excluding ortho intramolecular Hbond substituents is 1. The number of ether oxygens (including phenoxy) is 2. The van der Waals surface area contributed by atoms with Gasteiger partial charge in [0.2, 0.25) is 5.16 Å². The first-order chi connectivity index (χ1) is 21.1. The van der Waals surface area contributed by atoms with Gasteiger partial charge < -0.3 is 25.0 Å². The van der Waals surface area contributed by atoms with Crippen LogP contribution in [0.25, 0.3) is 5.69 Å². The van der Waals surface area contributed by atoms with Gasteiger partial charge in [-0.1, -0.05) is 66.4 Å². The number of carbonyl (C=O) groups is 1. The zero-order chi connectivity index (χ0) is 29.6. The zero-order valence-corrected chi connectivity index (χ0v) is 23.8. The molecule has 0 spiro atoms. The van der Waals surface area contributed by atoms with Crippen LogP contribution in [-0.2, 0) is 16.1 Å². The number of hydrogen-bond acceptors (Lipinski definition) is 9. The minimum Gasteiger partial charge on any atom is -0.508 e. The van der Waals surface area contributed by atoms with Crippen LogP contribution in [0.3, 0.4) is 0 Å². The Kier molecular flexibility index (Phi) is 8.75. The first-order valence-corrected chi connectivity index (χ1v) is 14.7. The average molecular weight is 596 g/mol. The maximum absolute atomic E-state index is 12.8. The van der Waals surface area contributed by atoms with Crippen molar-refractivity contribution in [1.29, 1.82) is 0 Å². The SMILES string of the molecule is O=C(Nc1cccc([C@@H]2O[C@H](CSc3nnnn3-c3ccc(O)cc3)C[C@H](c3ccc(CO)cc3)O2)c1)c1ccccc1. The summed E-state index contributed by atoms with van der Waals surface area (Å²) in [4.78, 5) is 12.8. The molecule has 1 saturated heterocycles. The first kappa shape index (κ1) is 28.6. The van der Waals surface area contributed by atoms with Gasteiger partial charge in [-0.15, -0.1) is 5.10 Å². The van der Waals surface area contributed by atoms with Gasteiger partial charge in [0.05, 0.1) is 24.5 Å². The minimum absolute atomic E-state index is 0.0337. The molecule has 1 amide bonds. The molecule has 218 valence electrons. The van der Waals surface area contributed by atoms with E-state index in [-0.39, 0.29) is 30.5 Å². The smallest absolute Gasteiger partial charge is 0.255 e. The van der Waals surface area contributed by atoms with Crippen molar-refractivity contribution in [2.45, 2.75) is 36.7 Å². The molecule has 0 bridgehead atoms. The van der Waals surface area contributed by atoms with Gasteiger partial charge in [-0.2, -0.15) is 4.68 Å².